The Morgan fingerprint density at radius 1 is 1.45 bits per heavy atom. The number of tetrazole rings is 1. The van der Waals surface area contributed by atoms with Crippen LogP contribution in [0.25, 0.3) is 0 Å². The number of nitro benzene ring substituents is 1. The predicted molar refractivity (Wildman–Crippen MR) is 69.9 cm³/mol. The van der Waals surface area contributed by atoms with Gasteiger partial charge in [0.25, 0.3) is 17.5 Å². The number of benzene rings is 1. The molecule has 0 aliphatic rings. The third-order valence-corrected chi connectivity index (χ3v) is 2.99. The second-order valence-corrected chi connectivity index (χ2v) is 4.39. The standard InChI is InChI=1S/C9H6Cl2N6O3/c1-16-14-9(13-15-16)12-8(18)4-2-5(10)7(11)6(3-4)17(19)20/h2-3H,1H3,(H,12,14,18). The molecule has 1 heterocycles. The highest BCUT2D eigenvalue weighted by molar-refractivity contribution is 6.43. The Kier molecular flexibility index (Phi) is 3.81. The van der Waals surface area contributed by atoms with Crippen LogP contribution in [0.2, 0.25) is 10.0 Å². The molecule has 0 unspecified atom stereocenters. The summed E-state index contributed by atoms with van der Waals surface area (Å²) in [6.07, 6.45) is 0. The maximum absolute atomic E-state index is 11.9. The van der Waals surface area contributed by atoms with E-state index in [0.29, 0.717) is 0 Å². The van der Waals surface area contributed by atoms with Crippen molar-refractivity contribution >= 4 is 40.7 Å². The monoisotopic (exact) mass is 316 g/mol. The van der Waals surface area contributed by atoms with Gasteiger partial charge in [-0.2, -0.15) is 4.80 Å². The molecule has 20 heavy (non-hydrogen) atoms. The first kappa shape index (κ1) is 14.2. The normalized spacial score (nSPS) is 10.3. The summed E-state index contributed by atoms with van der Waals surface area (Å²) in [5, 5.41) is 23.6. The van der Waals surface area contributed by atoms with Gasteiger partial charge < -0.3 is 0 Å². The number of nitrogens with zero attached hydrogens (tertiary/aromatic N) is 5. The zero-order valence-electron chi connectivity index (χ0n) is 9.87. The second kappa shape index (κ2) is 5.39. The van der Waals surface area contributed by atoms with E-state index < -0.39 is 16.5 Å². The molecule has 11 heteroatoms. The third-order valence-electron chi connectivity index (χ3n) is 2.20. The molecule has 0 saturated carbocycles. The number of halogens is 2. The quantitative estimate of drug-likeness (QED) is 0.680. The molecule has 0 atom stereocenters. The van der Waals surface area contributed by atoms with Gasteiger partial charge in [0.2, 0.25) is 0 Å². The maximum atomic E-state index is 11.9. The van der Waals surface area contributed by atoms with Crippen molar-refractivity contribution in [3.63, 3.8) is 0 Å². The van der Waals surface area contributed by atoms with Crippen molar-refractivity contribution in [1.82, 2.24) is 20.2 Å². The highest BCUT2D eigenvalue weighted by atomic mass is 35.5. The van der Waals surface area contributed by atoms with Crippen LogP contribution >= 0.6 is 23.2 Å². The number of nitro groups is 1. The summed E-state index contributed by atoms with van der Waals surface area (Å²) in [5.74, 6) is -0.703. The summed E-state index contributed by atoms with van der Waals surface area (Å²) in [6.45, 7) is 0. The van der Waals surface area contributed by atoms with Crippen LogP contribution in [-0.2, 0) is 7.05 Å². The van der Waals surface area contributed by atoms with E-state index in [9.17, 15) is 14.9 Å². The van der Waals surface area contributed by atoms with E-state index >= 15 is 0 Å². The first-order valence-electron chi connectivity index (χ1n) is 5.07. The molecule has 1 aromatic heterocycles. The van der Waals surface area contributed by atoms with Crippen LogP contribution in [0.3, 0.4) is 0 Å². The Morgan fingerprint density at radius 3 is 2.70 bits per heavy atom. The summed E-state index contributed by atoms with van der Waals surface area (Å²) in [4.78, 5) is 23.1. The molecular formula is C9H6Cl2N6O3. The molecule has 0 radical (unpaired) electrons. The largest absolute Gasteiger partial charge is 0.290 e. The van der Waals surface area contributed by atoms with Crippen LogP contribution in [-0.4, -0.2) is 31.0 Å². The van der Waals surface area contributed by atoms with Crippen LogP contribution < -0.4 is 5.32 Å². The molecule has 1 aromatic carbocycles. The number of nitrogens with one attached hydrogen (secondary N) is 1. The average Bonchev–Trinajstić information content (AvgIpc) is 2.77. The minimum Gasteiger partial charge on any atom is -0.288 e. The Morgan fingerprint density at radius 2 is 2.15 bits per heavy atom. The maximum Gasteiger partial charge on any atom is 0.290 e. The molecule has 2 rings (SSSR count). The number of hydrogen-bond donors (Lipinski definition) is 1. The number of hydrogen-bond acceptors (Lipinski definition) is 6. The van der Waals surface area contributed by atoms with Gasteiger partial charge in [0, 0.05) is 11.6 Å². The van der Waals surface area contributed by atoms with Gasteiger partial charge in [-0.3, -0.25) is 20.2 Å². The first-order valence-corrected chi connectivity index (χ1v) is 5.83. The lowest BCUT2D eigenvalue weighted by Gasteiger charge is -2.03. The highest BCUT2D eigenvalue weighted by Crippen LogP contribution is 2.33. The minimum absolute atomic E-state index is 0.0359. The van der Waals surface area contributed by atoms with Gasteiger partial charge in [-0.25, -0.2) is 0 Å². The Labute approximate surface area is 121 Å². The van der Waals surface area contributed by atoms with Crippen molar-refractivity contribution in [1.29, 1.82) is 0 Å². The van der Waals surface area contributed by atoms with Gasteiger partial charge >= 0.3 is 0 Å². The lowest BCUT2D eigenvalue weighted by Crippen LogP contribution is -2.13. The number of rotatable bonds is 3. The number of carbonyl (C=O) groups is 1. The summed E-state index contributed by atoms with van der Waals surface area (Å²) >= 11 is 11.4. The fourth-order valence-corrected chi connectivity index (χ4v) is 1.74. The predicted octanol–water partition coefficient (Wildman–Crippen LogP) is 1.68. The van der Waals surface area contributed by atoms with E-state index in [1.165, 1.54) is 13.1 Å². The first-order chi connectivity index (χ1) is 9.38. The minimum atomic E-state index is -0.731. The van der Waals surface area contributed by atoms with Crippen molar-refractivity contribution in [2.24, 2.45) is 7.05 Å². The third kappa shape index (κ3) is 2.83. The van der Waals surface area contributed by atoms with Gasteiger partial charge in [-0.1, -0.05) is 28.3 Å². The molecule has 0 aliphatic carbocycles. The number of aromatic nitrogens is 4. The molecule has 2 aromatic rings. The Balaban J connectivity index is 2.32. The molecular weight excluding hydrogens is 311 g/mol. The number of anilines is 1. The van der Waals surface area contributed by atoms with Crippen molar-refractivity contribution in [3.05, 3.63) is 37.9 Å². The van der Waals surface area contributed by atoms with E-state index in [-0.39, 0.29) is 21.6 Å². The van der Waals surface area contributed by atoms with Crippen LogP contribution in [0, 0.1) is 10.1 Å². The second-order valence-electron chi connectivity index (χ2n) is 3.60. The molecule has 9 nitrogen and oxygen atoms in total. The van der Waals surface area contributed by atoms with Gasteiger partial charge in [0.05, 0.1) is 17.0 Å². The van der Waals surface area contributed by atoms with Crippen LogP contribution in [0.4, 0.5) is 11.6 Å². The number of carbonyl (C=O) groups excluding carboxylic acids is 1. The molecule has 0 fully saturated rings. The smallest absolute Gasteiger partial charge is 0.288 e. The SMILES string of the molecule is Cn1nnc(NC(=O)c2cc(Cl)c(Cl)c([N+](=O)[O-])c2)n1. The summed E-state index contributed by atoms with van der Waals surface area (Å²) in [6, 6.07) is 2.22. The van der Waals surface area contributed by atoms with Gasteiger partial charge in [0.1, 0.15) is 5.02 Å². The zero-order valence-corrected chi connectivity index (χ0v) is 11.4. The van der Waals surface area contributed by atoms with Gasteiger partial charge in [-0.05, 0) is 11.3 Å². The van der Waals surface area contributed by atoms with Crippen molar-refractivity contribution < 1.29 is 9.72 Å². The van der Waals surface area contributed by atoms with E-state index in [4.69, 9.17) is 23.2 Å². The summed E-state index contributed by atoms with van der Waals surface area (Å²) in [5.41, 5.74) is -0.505. The van der Waals surface area contributed by atoms with E-state index in [2.05, 4.69) is 20.7 Å². The molecule has 1 amide bonds. The molecule has 0 spiro atoms. The van der Waals surface area contributed by atoms with E-state index in [1.54, 1.807) is 0 Å². The molecule has 0 bridgehead atoms. The summed E-state index contributed by atoms with van der Waals surface area (Å²) < 4.78 is 0. The van der Waals surface area contributed by atoms with Crippen LogP contribution in [0.5, 0.6) is 0 Å². The Hall–Kier alpha value is -2.26. The van der Waals surface area contributed by atoms with Crippen molar-refractivity contribution in [3.8, 4) is 0 Å². The van der Waals surface area contributed by atoms with E-state index in [0.717, 1.165) is 10.9 Å². The fraction of sp³-hybridized carbons (Fsp3) is 0.111. The fourth-order valence-electron chi connectivity index (χ4n) is 1.35. The van der Waals surface area contributed by atoms with Crippen LogP contribution in [0.15, 0.2) is 12.1 Å². The van der Waals surface area contributed by atoms with Crippen molar-refractivity contribution in [2.75, 3.05) is 5.32 Å². The van der Waals surface area contributed by atoms with E-state index in [1.807, 2.05) is 0 Å². The lowest BCUT2D eigenvalue weighted by molar-refractivity contribution is -0.384. The molecule has 1 N–H and O–H groups in total. The number of amides is 1. The van der Waals surface area contributed by atoms with Gasteiger partial charge in [-0.15, -0.1) is 5.10 Å². The van der Waals surface area contributed by atoms with Gasteiger partial charge in [0.15, 0.2) is 0 Å². The topological polar surface area (TPSA) is 116 Å². The molecule has 0 aliphatic heterocycles. The number of aryl methyl sites for hydroxylation is 1. The van der Waals surface area contributed by atoms with Crippen molar-refractivity contribution in [2.45, 2.75) is 0 Å². The van der Waals surface area contributed by atoms with Crippen LogP contribution in [0.1, 0.15) is 10.4 Å². The molecule has 104 valence electrons. The summed E-state index contributed by atoms with van der Waals surface area (Å²) in [7, 11) is 1.52. The zero-order chi connectivity index (χ0) is 14.9. The Bertz CT molecular complexity index is 701. The lowest BCUT2D eigenvalue weighted by atomic mass is 10.2. The molecule has 0 saturated heterocycles. The highest BCUT2D eigenvalue weighted by Gasteiger charge is 2.20. The average molecular weight is 317 g/mol.